The average Bonchev–Trinajstić information content (AvgIpc) is 2.82. The highest BCUT2D eigenvalue weighted by atomic mass is 16.7. The van der Waals surface area contributed by atoms with Crippen LogP contribution >= 0.6 is 0 Å². The van der Waals surface area contributed by atoms with Gasteiger partial charge in [0.1, 0.15) is 0 Å². The Kier molecular flexibility index (Phi) is 3.63. The zero-order valence-corrected chi connectivity index (χ0v) is 11.4. The van der Waals surface area contributed by atoms with E-state index in [9.17, 15) is 0 Å². The van der Waals surface area contributed by atoms with Gasteiger partial charge in [0.2, 0.25) is 0 Å². The van der Waals surface area contributed by atoms with E-state index in [-0.39, 0.29) is 5.79 Å². The van der Waals surface area contributed by atoms with Gasteiger partial charge in [-0.05, 0) is 38.3 Å². The first kappa shape index (κ1) is 12.9. The quantitative estimate of drug-likeness (QED) is 0.808. The molecule has 0 bridgehead atoms. The summed E-state index contributed by atoms with van der Waals surface area (Å²) in [7, 11) is 0. The standard InChI is InChI=1S/C14H26N2O2/c1-2-6-16-7-4-12(15)11-10-14(5-3-13(11)16)17-8-9-18-14/h11-13H,2-10,15H2,1H3/t11-,12-,13+/m1/s1. The Balaban J connectivity index is 1.72. The number of likely N-dealkylation sites (tertiary alicyclic amines) is 1. The van der Waals surface area contributed by atoms with E-state index in [0.717, 1.165) is 32.5 Å². The van der Waals surface area contributed by atoms with Crippen LogP contribution in [0.1, 0.15) is 39.0 Å². The molecule has 0 aromatic rings. The number of hydrogen-bond donors (Lipinski definition) is 1. The van der Waals surface area contributed by atoms with Gasteiger partial charge in [0.05, 0.1) is 13.2 Å². The Morgan fingerprint density at radius 1 is 1.28 bits per heavy atom. The molecule has 2 N–H and O–H groups in total. The van der Waals surface area contributed by atoms with Crippen LogP contribution in [0.3, 0.4) is 0 Å². The highest BCUT2D eigenvalue weighted by Gasteiger charge is 2.49. The minimum Gasteiger partial charge on any atom is -0.348 e. The lowest BCUT2D eigenvalue weighted by molar-refractivity contribution is -0.202. The molecule has 1 aliphatic carbocycles. The Labute approximate surface area is 110 Å². The number of ether oxygens (including phenoxy) is 2. The molecule has 3 fully saturated rings. The second-order valence-electron chi connectivity index (χ2n) is 6.07. The minimum absolute atomic E-state index is 0.284. The van der Waals surface area contributed by atoms with Gasteiger partial charge in [0.25, 0.3) is 0 Å². The van der Waals surface area contributed by atoms with Crippen LogP contribution in [0.15, 0.2) is 0 Å². The van der Waals surface area contributed by atoms with Crippen molar-refractivity contribution >= 4 is 0 Å². The number of rotatable bonds is 2. The summed E-state index contributed by atoms with van der Waals surface area (Å²) in [6.07, 6.45) is 5.58. The maximum absolute atomic E-state index is 6.36. The van der Waals surface area contributed by atoms with Crippen LogP contribution in [0.2, 0.25) is 0 Å². The van der Waals surface area contributed by atoms with Crippen molar-refractivity contribution in [1.82, 2.24) is 4.90 Å². The zero-order valence-electron chi connectivity index (χ0n) is 11.4. The molecule has 3 atom stereocenters. The number of piperidine rings is 1. The molecule has 4 nitrogen and oxygen atoms in total. The Morgan fingerprint density at radius 3 is 2.78 bits per heavy atom. The molecule has 0 aromatic heterocycles. The predicted molar refractivity (Wildman–Crippen MR) is 70.2 cm³/mol. The summed E-state index contributed by atoms with van der Waals surface area (Å²) in [5.74, 6) is 0.269. The lowest BCUT2D eigenvalue weighted by Crippen LogP contribution is -2.59. The van der Waals surface area contributed by atoms with Gasteiger partial charge in [0.15, 0.2) is 5.79 Å². The molecule has 2 heterocycles. The number of hydrogen-bond acceptors (Lipinski definition) is 4. The fourth-order valence-electron chi connectivity index (χ4n) is 4.09. The summed E-state index contributed by atoms with van der Waals surface area (Å²) in [4.78, 5) is 2.65. The third-order valence-corrected chi connectivity index (χ3v) is 4.95. The van der Waals surface area contributed by atoms with Gasteiger partial charge < -0.3 is 15.2 Å². The first-order valence-electron chi connectivity index (χ1n) is 7.52. The predicted octanol–water partition coefficient (Wildman–Crippen LogP) is 1.34. The van der Waals surface area contributed by atoms with Gasteiger partial charge in [-0.3, -0.25) is 4.90 Å². The minimum atomic E-state index is -0.284. The van der Waals surface area contributed by atoms with Crippen LogP contribution in [-0.4, -0.2) is 49.1 Å². The van der Waals surface area contributed by atoms with Crippen LogP contribution in [0, 0.1) is 5.92 Å². The van der Waals surface area contributed by atoms with Crippen LogP contribution in [0.4, 0.5) is 0 Å². The summed E-state index contributed by atoms with van der Waals surface area (Å²) in [5.41, 5.74) is 6.36. The van der Waals surface area contributed by atoms with E-state index >= 15 is 0 Å². The third kappa shape index (κ3) is 2.20. The summed E-state index contributed by atoms with van der Waals surface area (Å²) in [6, 6.07) is 0.986. The van der Waals surface area contributed by atoms with Crippen LogP contribution in [0.5, 0.6) is 0 Å². The number of fused-ring (bicyclic) bond motifs is 1. The first-order valence-corrected chi connectivity index (χ1v) is 7.52. The van der Waals surface area contributed by atoms with Crippen molar-refractivity contribution in [3.63, 3.8) is 0 Å². The van der Waals surface area contributed by atoms with Crippen molar-refractivity contribution in [2.75, 3.05) is 26.3 Å². The van der Waals surface area contributed by atoms with Crippen LogP contribution < -0.4 is 5.73 Å². The third-order valence-electron chi connectivity index (χ3n) is 4.95. The molecule has 3 rings (SSSR count). The van der Waals surface area contributed by atoms with E-state index in [2.05, 4.69) is 11.8 Å². The maximum atomic E-state index is 6.36. The Hall–Kier alpha value is -0.160. The normalized spacial score (nSPS) is 40.0. The molecule has 3 aliphatic rings. The molecule has 1 spiro atoms. The molecule has 104 valence electrons. The largest absolute Gasteiger partial charge is 0.348 e. The van der Waals surface area contributed by atoms with Crippen molar-refractivity contribution in [2.45, 2.75) is 56.9 Å². The summed E-state index contributed by atoms with van der Waals surface area (Å²) >= 11 is 0. The average molecular weight is 254 g/mol. The lowest BCUT2D eigenvalue weighted by Gasteiger charge is -2.51. The Morgan fingerprint density at radius 2 is 2.06 bits per heavy atom. The molecule has 2 aliphatic heterocycles. The highest BCUT2D eigenvalue weighted by molar-refractivity contribution is 4.99. The molecule has 0 unspecified atom stereocenters. The number of nitrogens with two attached hydrogens (primary N) is 1. The van der Waals surface area contributed by atoms with E-state index in [1.807, 2.05) is 0 Å². The van der Waals surface area contributed by atoms with Crippen molar-refractivity contribution in [2.24, 2.45) is 11.7 Å². The van der Waals surface area contributed by atoms with E-state index < -0.39 is 0 Å². The summed E-state index contributed by atoms with van der Waals surface area (Å²) in [5, 5.41) is 0. The fraction of sp³-hybridized carbons (Fsp3) is 1.00. The van der Waals surface area contributed by atoms with Crippen LogP contribution in [-0.2, 0) is 9.47 Å². The van der Waals surface area contributed by atoms with E-state index in [0.29, 0.717) is 18.0 Å². The molecular formula is C14H26N2O2. The molecule has 0 aromatic carbocycles. The van der Waals surface area contributed by atoms with Gasteiger partial charge in [-0.25, -0.2) is 0 Å². The smallest absolute Gasteiger partial charge is 0.168 e. The zero-order chi connectivity index (χ0) is 12.6. The topological polar surface area (TPSA) is 47.7 Å². The lowest BCUT2D eigenvalue weighted by atomic mass is 9.73. The van der Waals surface area contributed by atoms with Gasteiger partial charge >= 0.3 is 0 Å². The van der Waals surface area contributed by atoms with E-state index in [1.165, 1.54) is 25.9 Å². The van der Waals surface area contributed by atoms with Gasteiger partial charge in [0, 0.05) is 24.9 Å². The number of nitrogens with zero attached hydrogens (tertiary/aromatic N) is 1. The molecule has 0 radical (unpaired) electrons. The van der Waals surface area contributed by atoms with Crippen molar-refractivity contribution in [3.8, 4) is 0 Å². The summed E-state index contributed by atoms with van der Waals surface area (Å²) < 4.78 is 11.8. The van der Waals surface area contributed by atoms with Gasteiger partial charge in [-0.1, -0.05) is 6.92 Å². The molecule has 1 saturated carbocycles. The SMILES string of the molecule is CCCN1CC[C@@H](N)[C@H]2CC3(CC[C@@H]21)OCCO3. The molecular weight excluding hydrogens is 228 g/mol. The van der Waals surface area contributed by atoms with Crippen molar-refractivity contribution in [1.29, 1.82) is 0 Å². The fourth-order valence-corrected chi connectivity index (χ4v) is 4.09. The molecule has 4 heteroatoms. The van der Waals surface area contributed by atoms with Crippen LogP contribution in [0.25, 0.3) is 0 Å². The van der Waals surface area contributed by atoms with Gasteiger partial charge in [-0.2, -0.15) is 0 Å². The second-order valence-corrected chi connectivity index (χ2v) is 6.07. The molecule has 0 amide bonds. The van der Waals surface area contributed by atoms with Gasteiger partial charge in [-0.15, -0.1) is 0 Å². The highest BCUT2D eigenvalue weighted by Crippen LogP contribution is 2.43. The second kappa shape index (κ2) is 5.08. The van der Waals surface area contributed by atoms with E-state index in [4.69, 9.17) is 15.2 Å². The Bertz CT molecular complexity index is 292. The summed E-state index contributed by atoms with van der Waals surface area (Å²) in [6.45, 7) is 6.15. The first-order chi connectivity index (χ1) is 8.74. The van der Waals surface area contributed by atoms with E-state index in [1.54, 1.807) is 0 Å². The van der Waals surface area contributed by atoms with Crippen molar-refractivity contribution in [3.05, 3.63) is 0 Å². The van der Waals surface area contributed by atoms with Crippen molar-refractivity contribution < 1.29 is 9.47 Å². The monoisotopic (exact) mass is 254 g/mol. The molecule has 2 saturated heterocycles. The maximum Gasteiger partial charge on any atom is 0.168 e. The molecule has 18 heavy (non-hydrogen) atoms.